The lowest BCUT2D eigenvalue weighted by molar-refractivity contribution is 0.0550. The van der Waals surface area contributed by atoms with Gasteiger partial charge >= 0.3 is 12.2 Å². The molecule has 0 spiro atoms. The molecule has 4 heterocycles. The van der Waals surface area contributed by atoms with Crippen LogP contribution < -0.4 is 9.80 Å². The van der Waals surface area contributed by atoms with E-state index in [1.165, 1.54) is 21.9 Å². The summed E-state index contributed by atoms with van der Waals surface area (Å²) in [6.07, 6.45) is -2.89. The third kappa shape index (κ3) is 4.98. The molecule has 4 aromatic rings. The minimum absolute atomic E-state index is 0.0136. The highest BCUT2D eigenvalue weighted by Crippen LogP contribution is 2.33. The molecular formula is C36H25FN4O8. The first-order valence-corrected chi connectivity index (χ1v) is 15.4. The van der Waals surface area contributed by atoms with Gasteiger partial charge in [-0.25, -0.2) is 14.0 Å². The summed E-state index contributed by atoms with van der Waals surface area (Å²) in [6.45, 7) is -0.0951. The molecule has 6 amide bonds. The number of carbonyl (C=O) groups is 6. The smallest absolute Gasteiger partial charge is 0.414 e. The van der Waals surface area contributed by atoms with Gasteiger partial charge in [-0.15, -0.1) is 0 Å². The largest absolute Gasteiger partial charge is 0.442 e. The number of halogens is 1. The molecule has 12 nitrogen and oxygen atoms in total. The molecule has 4 aliphatic heterocycles. The summed E-state index contributed by atoms with van der Waals surface area (Å²) in [5.41, 5.74) is 2.71. The Morgan fingerprint density at radius 3 is 1.37 bits per heavy atom. The number of cyclic esters (lactones) is 2. The second kappa shape index (κ2) is 11.4. The quantitative estimate of drug-likeness (QED) is 0.260. The first kappa shape index (κ1) is 30.0. The zero-order valence-corrected chi connectivity index (χ0v) is 25.6. The van der Waals surface area contributed by atoms with E-state index in [1.807, 2.05) is 0 Å². The highest BCUT2D eigenvalue weighted by molar-refractivity contribution is 6.22. The molecule has 49 heavy (non-hydrogen) atoms. The van der Waals surface area contributed by atoms with Crippen LogP contribution in [0.1, 0.15) is 41.4 Å². The molecule has 0 aliphatic carbocycles. The van der Waals surface area contributed by atoms with Crippen molar-refractivity contribution in [3.8, 4) is 11.1 Å². The van der Waals surface area contributed by atoms with Crippen molar-refractivity contribution in [2.75, 3.05) is 36.0 Å². The van der Waals surface area contributed by atoms with Gasteiger partial charge in [0.2, 0.25) is 0 Å². The van der Waals surface area contributed by atoms with Gasteiger partial charge in [0, 0.05) is 11.3 Å². The lowest BCUT2D eigenvalue weighted by Gasteiger charge is -2.18. The zero-order valence-electron chi connectivity index (χ0n) is 25.6. The third-order valence-corrected chi connectivity index (χ3v) is 9.03. The van der Waals surface area contributed by atoms with Crippen LogP contribution in [0.2, 0.25) is 0 Å². The first-order valence-electron chi connectivity index (χ1n) is 15.4. The van der Waals surface area contributed by atoms with Crippen molar-refractivity contribution in [1.82, 2.24) is 9.80 Å². The van der Waals surface area contributed by atoms with E-state index >= 15 is 4.39 Å². The van der Waals surface area contributed by atoms with Gasteiger partial charge in [0.25, 0.3) is 23.6 Å². The fourth-order valence-corrected chi connectivity index (χ4v) is 6.60. The summed E-state index contributed by atoms with van der Waals surface area (Å²) < 4.78 is 26.3. The summed E-state index contributed by atoms with van der Waals surface area (Å²) in [4.78, 5) is 81.2. The lowest BCUT2D eigenvalue weighted by Crippen LogP contribution is -2.38. The molecule has 2 fully saturated rings. The molecule has 0 saturated carbocycles. The monoisotopic (exact) mass is 660 g/mol. The van der Waals surface area contributed by atoms with Crippen molar-refractivity contribution in [2.45, 2.75) is 12.2 Å². The number of benzene rings is 4. The van der Waals surface area contributed by atoms with Crippen molar-refractivity contribution >= 4 is 47.2 Å². The van der Waals surface area contributed by atoms with E-state index in [2.05, 4.69) is 0 Å². The summed E-state index contributed by atoms with van der Waals surface area (Å²) in [7, 11) is 0. The molecule has 244 valence electrons. The van der Waals surface area contributed by atoms with Crippen LogP contribution in [-0.4, -0.2) is 84.0 Å². The number of hydrogen-bond acceptors (Lipinski definition) is 8. The number of imide groups is 2. The standard InChI is InChI=1S/C36H25FN4O8/c37-30-15-22(39-17-24(49-36(39)47)19-41-33(44)28-7-3-4-8-29(28)34(41)45)13-14-25(30)20-9-11-21(12-10-20)38-16-23(48-35(38)46)18-40-31(42)26-5-1-2-6-27(26)32(40)43/h1-15,23-24H,16-19H2/t23-,24-/m1/s1. The second-order valence-electron chi connectivity index (χ2n) is 12.0. The number of nitrogens with zero attached hydrogens (tertiary/aromatic N) is 4. The maximum Gasteiger partial charge on any atom is 0.414 e. The van der Waals surface area contributed by atoms with Gasteiger partial charge in [-0.05, 0) is 60.2 Å². The van der Waals surface area contributed by atoms with Crippen LogP contribution >= 0.6 is 0 Å². The number of carbonyl (C=O) groups excluding carboxylic acids is 6. The van der Waals surface area contributed by atoms with E-state index in [0.717, 1.165) is 9.80 Å². The summed E-state index contributed by atoms with van der Waals surface area (Å²) in [5.74, 6) is -2.40. The third-order valence-electron chi connectivity index (χ3n) is 9.03. The molecule has 13 heteroatoms. The van der Waals surface area contributed by atoms with Crippen LogP contribution in [0.3, 0.4) is 0 Å². The summed E-state index contributed by atoms with van der Waals surface area (Å²) >= 11 is 0. The first-order chi connectivity index (χ1) is 23.7. The Balaban J connectivity index is 0.912. The van der Waals surface area contributed by atoms with Crippen LogP contribution in [0.4, 0.5) is 25.4 Å². The molecule has 0 unspecified atom stereocenters. The molecule has 4 aliphatic rings. The van der Waals surface area contributed by atoms with Crippen molar-refractivity contribution in [3.05, 3.63) is 119 Å². The maximum atomic E-state index is 15.4. The lowest BCUT2D eigenvalue weighted by atomic mass is 10.0. The fraction of sp³-hybridized carbons (Fsp3) is 0.167. The van der Waals surface area contributed by atoms with Crippen molar-refractivity contribution < 1.29 is 42.6 Å². The molecule has 2 atom stereocenters. The van der Waals surface area contributed by atoms with Crippen molar-refractivity contribution in [2.24, 2.45) is 0 Å². The zero-order chi connectivity index (χ0) is 34.0. The highest BCUT2D eigenvalue weighted by Gasteiger charge is 2.42. The Morgan fingerprint density at radius 2 is 0.939 bits per heavy atom. The Kier molecular flexibility index (Phi) is 6.98. The van der Waals surface area contributed by atoms with Gasteiger partial charge < -0.3 is 9.47 Å². The molecule has 0 radical (unpaired) electrons. The number of ether oxygens (including phenoxy) is 2. The van der Waals surface area contributed by atoms with E-state index < -0.39 is 53.8 Å². The minimum atomic E-state index is -0.797. The van der Waals surface area contributed by atoms with E-state index in [4.69, 9.17) is 9.47 Å². The average Bonchev–Trinajstić information content (AvgIpc) is 3.81. The molecule has 0 aromatic heterocycles. The van der Waals surface area contributed by atoms with Crippen LogP contribution in [-0.2, 0) is 9.47 Å². The molecule has 0 bridgehead atoms. The highest BCUT2D eigenvalue weighted by atomic mass is 19.1. The van der Waals surface area contributed by atoms with E-state index in [1.54, 1.807) is 78.9 Å². The van der Waals surface area contributed by atoms with Gasteiger partial charge in [-0.3, -0.25) is 38.8 Å². The minimum Gasteiger partial charge on any atom is -0.442 e. The number of amides is 6. The number of anilines is 2. The number of rotatable bonds is 7. The van der Waals surface area contributed by atoms with Gasteiger partial charge in [0.05, 0.1) is 54.1 Å². The topological polar surface area (TPSA) is 134 Å². The molecule has 0 N–H and O–H groups in total. The van der Waals surface area contributed by atoms with Gasteiger partial charge in [0.15, 0.2) is 0 Å². The Hall–Kier alpha value is -6.37. The van der Waals surface area contributed by atoms with E-state index in [0.29, 0.717) is 33.5 Å². The Morgan fingerprint density at radius 1 is 0.531 bits per heavy atom. The summed E-state index contributed by atoms with van der Waals surface area (Å²) in [6, 6.07) is 23.8. The van der Waals surface area contributed by atoms with Crippen molar-refractivity contribution in [1.29, 1.82) is 0 Å². The molecular weight excluding hydrogens is 635 g/mol. The van der Waals surface area contributed by atoms with Crippen LogP contribution in [0.25, 0.3) is 11.1 Å². The average molecular weight is 661 g/mol. The number of hydrogen-bond donors (Lipinski definition) is 0. The van der Waals surface area contributed by atoms with Gasteiger partial charge in [0.1, 0.15) is 18.0 Å². The Bertz CT molecular complexity index is 2050. The fourth-order valence-electron chi connectivity index (χ4n) is 6.60. The van der Waals surface area contributed by atoms with Crippen LogP contribution in [0.5, 0.6) is 0 Å². The summed E-state index contributed by atoms with van der Waals surface area (Å²) in [5, 5.41) is 0. The predicted octanol–water partition coefficient (Wildman–Crippen LogP) is 4.74. The normalized spacial score (nSPS) is 19.9. The SMILES string of the molecule is O=C1c2ccccc2C(=O)N1C[C@H]1CN(c2ccc(-c3ccc(N4C[C@H](CN5C(=O)c6ccccc6C5=O)OC4=O)cc3F)cc2)C(=O)O1. The predicted molar refractivity (Wildman–Crippen MR) is 171 cm³/mol. The van der Waals surface area contributed by atoms with Crippen LogP contribution in [0, 0.1) is 5.82 Å². The van der Waals surface area contributed by atoms with E-state index in [-0.39, 0.29) is 37.4 Å². The number of fused-ring (bicyclic) bond motifs is 2. The Labute approximate surface area is 277 Å². The molecule has 8 rings (SSSR count). The van der Waals surface area contributed by atoms with Gasteiger partial charge in [-0.2, -0.15) is 0 Å². The van der Waals surface area contributed by atoms with Crippen LogP contribution in [0.15, 0.2) is 91.0 Å². The molecule has 4 aromatic carbocycles. The maximum absolute atomic E-state index is 15.4. The second-order valence-corrected chi connectivity index (χ2v) is 12.0. The van der Waals surface area contributed by atoms with Gasteiger partial charge in [-0.1, -0.05) is 36.4 Å². The van der Waals surface area contributed by atoms with E-state index in [9.17, 15) is 28.8 Å². The van der Waals surface area contributed by atoms with Crippen molar-refractivity contribution in [3.63, 3.8) is 0 Å². The molecule has 2 saturated heterocycles.